The van der Waals surface area contributed by atoms with Crippen molar-refractivity contribution in [1.82, 2.24) is 19.9 Å². The fourth-order valence-corrected chi connectivity index (χ4v) is 4.69. The molecule has 1 fully saturated rings. The van der Waals surface area contributed by atoms with E-state index in [-0.39, 0.29) is 17.2 Å². The van der Waals surface area contributed by atoms with E-state index in [2.05, 4.69) is 25.3 Å². The molecular formula is C23H20ClN5O4S. The van der Waals surface area contributed by atoms with Gasteiger partial charge in [-0.15, -0.1) is 0 Å². The van der Waals surface area contributed by atoms with E-state index in [9.17, 15) is 4.79 Å². The number of methoxy groups -OCH3 is 1. The van der Waals surface area contributed by atoms with Crippen LogP contribution in [0, 0.1) is 6.92 Å². The van der Waals surface area contributed by atoms with E-state index in [1.54, 1.807) is 12.3 Å². The van der Waals surface area contributed by atoms with Crippen LogP contribution < -0.4 is 10.1 Å². The lowest BCUT2D eigenvalue weighted by Gasteiger charge is -2.22. The predicted molar refractivity (Wildman–Crippen MR) is 129 cm³/mol. The highest BCUT2D eigenvalue weighted by Crippen LogP contribution is 2.35. The maximum atomic E-state index is 13.3. The first-order chi connectivity index (χ1) is 16.5. The highest BCUT2D eigenvalue weighted by Gasteiger charge is 2.21. The number of nitrogens with zero attached hydrogens (tertiary/aromatic N) is 4. The topological polar surface area (TPSA) is 108 Å². The fraction of sp³-hybridized carbons (Fsp3) is 0.261. The number of ether oxygens (including phenoxy) is 3. The van der Waals surface area contributed by atoms with Gasteiger partial charge in [0.1, 0.15) is 17.0 Å². The van der Waals surface area contributed by atoms with Gasteiger partial charge in [-0.1, -0.05) is 22.9 Å². The second-order valence-corrected chi connectivity index (χ2v) is 8.99. The van der Waals surface area contributed by atoms with Crippen molar-refractivity contribution >= 4 is 44.3 Å². The number of carbonyl (C=O) groups excluding carboxylic acids is 1. The molecule has 1 amide bonds. The molecule has 0 radical (unpaired) electrons. The lowest BCUT2D eigenvalue weighted by molar-refractivity contribution is -0.0902. The van der Waals surface area contributed by atoms with Crippen LogP contribution in [0.1, 0.15) is 27.7 Å². The van der Waals surface area contributed by atoms with Crippen molar-refractivity contribution in [3.05, 3.63) is 58.8 Å². The molecule has 1 saturated heterocycles. The molecule has 0 saturated carbocycles. The fourth-order valence-electron chi connectivity index (χ4n) is 3.66. The first kappa shape index (κ1) is 22.6. The Morgan fingerprint density at radius 1 is 1.15 bits per heavy atom. The number of anilines is 1. The Kier molecular flexibility index (Phi) is 6.38. The maximum absolute atomic E-state index is 13.3. The highest BCUT2D eigenvalue weighted by molar-refractivity contribution is 7.22. The zero-order valence-electron chi connectivity index (χ0n) is 18.4. The van der Waals surface area contributed by atoms with Gasteiger partial charge in [0.05, 0.1) is 43.4 Å². The Hall–Kier alpha value is -3.18. The Balaban J connectivity index is 1.45. The Labute approximate surface area is 204 Å². The number of halogens is 1. The molecular weight excluding hydrogens is 478 g/mol. The van der Waals surface area contributed by atoms with Crippen LogP contribution in [-0.4, -0.2) is 52.8 Å². The quantitative estimate of drug-likeness (QED) is 0.402. The Bertz CT molecular complexity index is 1370. The summed E-state index contributed by atoms with van der Waals surface area (Å²) in [7, 11) is 1.54. The molecule has 0 aromatic carbocycles. The number of hydrogen-bond donors (Lipinski definition) is 1. The first-order valence-electron chi connectivity index (χ1n) is 10.5. The second-order valence-electron chi connectivity index (χ2n) is 7.58. The smallest absolute Gasteiger partial charge is 0.259 e. The molecule has 1 unspecified atom stereocenters. The number of aryl methyl sites for hydroxylation is 1. The number of carbonyl (C=O) groups is 1. The van der Waals surface area contributed by atoms with Crippen LogP contribution in [0.15, 0.2) is 36.8 Å². The SMILES string of the molecule is COc1cnc(Cl)cc1-c1cc(C)ncc1C(=O)Nc1nc2ncc(C3COCCO3)cc2s1. The van der Waals surface area contributed by atoms with Gasteiger partial charge in [-0.25, -0.2) is 9.97 Å². The van der Waals surface area contributed by atoms with Gasteiger partial charge in [0.15, 0.2) is 10.8 Å². The molecule has 4 aromatic rings. The largest absolute Gasteiger partial charge is 0.494 e. The molecule has 1 aliphatic rings. The summed E-state index contributed by atoms with van der Waals surface area (Å²) in [6.45, 7) is 3.48. The Morgan fingerprint density at radius 3 is 2.82 bits per heavy atom. The zero-order valence-corrected chi connectivity index (χ0v) is 19.9. The molecule has 0 bridgehead atoms. The van der Waals surface area contributed by atoms with Gasteiger partial charge < -0.3 is 14.2 Å². The van der Waals surface area contributed by atoms with Crippen molar-refractivity contribution in [3.63, 3.8) is 0 Å². The molecule has 1 N–H and O–H groups in total. The molecule has 11 heteroatoms. The summed E-state index contributed by atoms with van der Waals surface area (Å²) in [5.41, 5.74) is 3.83. The van der Waals surface area contributed by atoms with Crippen LogP contribution in [0.5, 0.6) is 5.75 Å². The van der Waals surface area contributed by atoms with E-state index in [1.807, 2.05) is 19.1 Å². The lowest BCUT2D eigenvalue weighted by atomic mass is 10.0. The van der Waals surface area contributed by atoms with Crippen molar-refractivity contribution in [3.8, 4) is 16.9 Å². The summed E-state index contributed by atoms with van der Waals surface area (Å²) < 4.78 is 17.5. The van der Waals surface area contributed by atoms with Crippen LogP contribution >= 0.6 is 22.9 Å². The third-order valence-corrected chi connectivity index (χ3v) is 6.42. The third kappa shape index (κ3) is 4.58. The molecule has 5 rings (SSSR count). The van der Waals surface area contributed by atoms with Gasteiger partial charge >= 0.3 is 0 Å². The van der Waals surface area contributed by atoms with Crippen LogP contribution in [0.25, 0.3) is 21.5 Å². The van der Waals surface area contributed by atoms with Gasteiger partial charge in [0.2, 0.25) is 0 Å². The van der Waals surface area contributed by atoms with E-state index in [1.165, 1.54) is 30.8 Å². The number of thiazole rings is 1. The minimum Gasteiger partial charge on any atom is -0.494 e. The van der Waals surface area contributed by atoms with Crippen molar-refractivity contribution in [2.45, 2.75) is 13.0 Å². The summed E-state index contributed by atoms with van der Waals surface area (Å²) in [6, 6.07) is 5.44. The maximum Gasteiger partial charge on any atom is 0.259 e. The number of hydrogen-bond acceptors (Lipinski definition) is 9. The van der Waals surface area contributed by atoms with Gasteiger partial charge in [-0.05, 0) is 25.1 Å². The monoisotopic (exact) mass is 497 g/mol. The number of fused-ring (bicyclic) bond motifs is 1. The minimum absolute atomic E-state index is 0.158. The summed E-state index contributed by atoms with van der Waals surface area (Å²) in [4.78, 5) is 30.5. The number of nitrogens with one attached hydrogen (secondary N) is 1. The zero-order chi connectivity index (χ0) is 23.7. The summed E-state index contributed by atoms with van der Waals surface area (Å²) in [5, 5.41) is 3.59. The van der Waals surface area contributed by atoms with Gasteiger partial charge in [-0.2, -0.15) is 4.98 Å². The van der Waals surface area contributed by atoms with Crippen molar-refractivity contribution in [2.75, 3.05) is 32.2 Å². The molecule has 9 nitrogen and oxygen atoms in total. The number of amides is 1. The average Bonchev–Trinajstić information content (AvgIpc) is 3.25. The number of aromatic nitrogens is 4. The van der Waals surface area contributed by atoms with Crippen LogP contribution in [0.3, 0.4) is 0 Å². The van der Waals surface area contributed by atoms with E-state index >= 15 is 0 Å². The van der Waals surface area contributed by atoms with Crippen molar-refractivity contribution < 1.29 is 19.0 Å². The van der Waals surface area contributed by atoms with E-state index in [0.717, 1.165) is 16.0 Å². The van der Waals surface area contributed by atoms with E-state index < -0.39 is 0 Å². The molecule has 0 aliphatic carbocycles. The Morgan fingerprint density at radius 2 is 2.03 bits per heavy atom. The molecule has 4 aromatic heterocycles. The molecule has 1 atom stereocenters. The standard InChI is InChI=1S/C23H20ClN5O4S/c1-12-5-14(15-7-20(24)26-10-17(15)31-2)16(9-25-12)22(30)29-23-28-21-19(34-23)6-13(8-27-21)18-11-32-3-4-33-18/h5-10,18H,3-4,11H2,1-2H3,(H,27,28,29,30). The lowest BCUT2D eigenvalue weighted by Crippen LogP contribution is -2.21. The van der Waals surface area contributed by atoms with E-state index in [4.69, 9.17) is 25.8 Å². The van der Waals surface area contributed by atoms with E-state index in [0.29, 0.717) is 53.0 Å². The molecule has 5 heterocycles. The van der Waals surface area contributed by atoms with Crippen LogP contribution in [0.2, 0.25) is 5.15 Å². The third-order valence-electron chi connectivity index (χ3n) is 5.31. The first-order valence-corrected chi connectivity index (χ1v) is 11.6. The summed E-state index contributed by atoms with van der Waals surface area (Å²) in [6.07, 6.45) is 4.62. The number of pyridine rings is 3. The number of rotatable bonds is 5. The predicted octanol–water partition coefficient (Wildman–Crippen LogP) is 4.46. The molecule has 0 spiro atoms. The average molecular weight is 498 g/mol. The minimum atomic E-state index is -0.360. The highest BCUT2D eigenvalue weighted by atomic mass is 35.5. The van der Waals surface area contributed by atoms with Gasteiger partial charge in [0.25, 0.3) is 5.91 Å². The van der Waals surface area contributed by atoms with Crippen LogP contribution in [-0.2, 0) is 9.47 Å². The summed E-state index contributed by atoms with van der Waals surface area (Å²) in [5.74, 6) is 0.135. The molecule has 1 aliphatic heterocycles. The summed E-state index contributed by atoms with van der Waals surface area (Å²) >= 11 is 7.46. The second kappa shape index (κ2) is 9.59. The van der Waals surface area contributed by atoms with Gasteiger partial charge in [-0.3, -0.25) is 15.1 Å². The van der Waals surface area contributed by atoms with Gasteiger partial charge in [0, 0.05) is 34.8 Å². The molecule has 34 heavy (non-hydrogen) atoms. The van der Waals surface area contributed by atoms with Crippen molar-refractivity contribution in [2.24, 2.45) is 0 Å². The normalized spacial score (nSPS) is 15.9. The van der Waals surface area contributed by atoms with Crippen LogP contribution in [0.4, 0.5) is 5.13 Å². The molecule has 174 valence electrons. The van der Waals surface area contributed by atoms with Crippen molar-refractivity contribution in [1.29, 1.82) is 0 Å².